The van der Waals surface area contributed by atoms with Gasteiger partial charge < -0.3 is 10.1 Å². The van der Waals surface area contributed by atoms with E-state index in [4.69, 9.17) is 4.74 Å². The van der Waals surface area contributed by atoms with Crippen molar-refractivity contribution in [3.8, 4) is 0 Å². The Bertz CT molecular complexity index is 397. The molecule has 1 N–H and O–H groups in total. The van der Waals surface area contributed by atoms with Crippen LogP contribution in [-0.4, -0.2) is 22.0 Å². The summed E-state index contributed by atoms with van der Waals surface area (Å²) in [5.41, 5.74) is -0.241. The standard InChI is InChI=1S/C14H25N3OS/c1-5-18-14(8-6-11(4)7-9-14)12-16-13(19-17-12)15-10(2)3/h10-11H,5-9H2,1-4H3,(H,15,16,17). The summed E-state index contributed by atoms with van der Waals surface area (Å²) < 4.78 is 10.6. The molecular weight excluding hydrogens is 258 g/mol. The third-order valence-corrected chi connectivity index (χ3v) is 4.39. The Kier molecular flexibility index (Phi) is 4.79. The van der Waals surface area contributed by atoms with Crippen molar-refractivity contribution in [2.75, 3.05) is 11.9 Å². The summed E-state index contributed by atoms with van der Waals surface area (Å²) in [6.45, 7) is 9.32. The molecule has 1 aromatic heterocycles. The zero-order chi connectivity index (χ0) is 13.9. The molecule has 4 nitrogen and oxygen atoms in total. The van der Waals surface area contributed by atoms with E-state index >= 15 is 0 Å². The fourth-order valence-corrected chi connectivity index (χ4v) is 3.45. The maximum Gasteiger partial charge on any atom is 0.202 e. The molecule has 0 spiro atoms. The molecule has 0 aliphatic heterocycles. The highest BCUT2D eigenvalue weighted by Gasteiger charge is 2.40. The number of anilines is 1. The van der Waals surface area contributed by atoms with Crippen LogP contribution in [-0.2, 0) is 10.3 Å². The van der Waals surface area contributed by atoms with Crippen molar-refractivity contribution in [1.29, 1.82) is 0 Å². The quantitative estimate of drug-likeness (QED) is 0.893. The third kappa shape index (κ3) is 3.45. The summed E-state index contributed by atoms with van der Waals surface area (Å²) in [6.07, 6.45) is 4.48. The molecule has 0 saturated heterocycles. The summed E-state index contributed by atoms with van der Waals surface area (Å²) in [6, 6.07) is 0.384. The molecule has 1 aliphatic carbocycles. The van der Waals surface area contributed by atoms with Gasteiger partial charge in [-0.1, -0.05) is 6.92 Å². The summed E-state index contributed by atoms with van der Waals surface area (Å²) >= 11 is 1.44. The molecule has 0 aromatic carbocycles. The van der Waals surface area contributed by atoms with Gasteiger partial charge in [-0.25, -0.2) is 4.98 Å². The van der Waals surface area contributed by atoms with E-state index in [1.165, 1.54) is 24.4 Å². The van der Waals surface area contributed by atoms with Gasteiger partial charge in [0.15, 0.2) is 5.82 Å². The van der Waals surface area contributed by atoms with E-state index in [2.05, 4.69) is 42.4 Å². The van der Waals surface area contributed by atoms with Crippen LogP contribution in [0.2, 0.25) is 0 Å². The molecule has 1 heterocycles. The molecule has 0 radical (unpaired) electrons. The van der Waals surface area contributed by atoms with Crippen LogP contribution in [0.1, 0.15) is 59.2 Å². The van der Waals surface area contributed by atoms with Crippen LogP contribution in [0.4, 0.5) is 5.13 Å². The zero-order valence-corrected chi connectivity index (χ0v) is 13.2. The van der Waals surface area contributed by atoms with Crippen molar-refractivity contribution in [2.24, 2.45) is 5.92 Å². The lowest BCUT2D eigenvalue weighted by atomic mass is 9.79. The SMILES string of the molecule is CCOC1(c2nsc(NC(C)C)n2)CCC(C)CC1. The van der Waals surface area contributed by atoms with E-state index in [0.717, 1.165) is 36.3 Å². The first-order valence-corrected chi connectivity index (χ1v) is 8.08. The highest BCUT2D eigenvalue weighted by Crippen LogP contribution is 2.42. The number of ether oxygens (including phenoxy) is 1. The van der Waals surface area contributed by atoms with E-state index in [9.17, 15) is 0 Å². The molecule has 0 amide bonds. The van der Waals surface area contributed by atoms with Crippen molar-refractivity contribution < 1.29 is 4.74 Å². The summed E-state index contributed by atoms with van der Waals surface area (Å²) in [5, 5.41) is 4.23. The van der Waals surface area contributed by atoms with Gasteiger partial charge in [-0.05, 0) is 52.4 Å². The summed E-state index contributed by atoms with van der Waals surface area (Å²) in [4.78, 5) is 4.66. The van der Waals surface area contributed by atoms with Gasteiger partial charge in [-0.2, -0.15) is 4.37 Å². The third-order valence-electron chi connectivity index (χ3n) is 3.75. The predicted molar refractivity (Wildman–Crippen MR) is 79.6 cm³/mol. The molecule has 0 bridgehead atoms. The Balaban J connectivity index is 2.16. The molecule has 1 aliphatic rings. The van der Waals surface area contributed by atoms with Gasteiger partial charge in [0.05, 0.1) is 0 Å². The largest absolute Gasteiger partial charge is 0.367 e. The van der Waals surface area contributed by atoms with Gasteiger partial charge in [-0.3, -0.25) is 0 Å². The molecule has 1 fully saturated rings. The number of nitrogens with one attached hydrogen (secondary N) is 1. The minimum atomic E-state index is -0.241. The molecule has 19 heavy (non-hydrogen) atoms. The Labute approximate surface area is 120 Å². The van der Waals surface area contributed by atoms with Gasteiger partial charge in [0.25, 0.3) is 0 Å². The first-order chi connectivity index (χ1) is 9.05. The Hall–Kier alpha value is -0.680. The van der Waals surface area contributed by atoms with E-state index < -0.39 is 0 Å². The average molecular weight is 283 g/mol. The van der Waals surface area contributed by atoms with Crippen LogP contribution in [0.15, 0.2) is 0 Å². The number of hydrogen-bond donors (Lipinski definition) is 1. The molecular formula is C14H25N3OS. The Morgan fingerprint density at radius 1 is 1.42 bits per heavy atom. The minimum Gasteiger partial charge on any atom is -0.367 e. The molecule has 5 heteroatoms. The maximum absolute atomic E-state index is 6.08. The second-order valence-corrected chi connectivity index (χ2v) is 6.58. The van der Waals surface area contributed by atoms with E-state index in [1.807, 2.05) is 0 Å². The van der Waals surface area contributed by atoms with Crippen LogP contribution in [0.3, 0.4) is 0 Å². The van der Waals surface area contributed by atoms with Crippen LogP contribution >= 0.6 is 11.5 Å². The van der Waals surface area contributed by atoms with E-state index in [-0.39, 0.29) is 5.60 Å². The topological polar surface area (TPSA) is 47.0 Å². The second-order valence-electron chi connectivity index (χ2n) is 5.83. The van der Waals surface area contributed by atoms with Gasteiger partial charge in [0.1, 0.15) is 5.60 Å². The average Bonchev–Trinajstić information content (AvgIpc) is 2.81. The first-order valence-electron chi connectivity index (χ1n) is 7.30. The van der Waals surface area contributed by atoms with Crippen LogP contribution in [0, 0.1) is 5.92 Å². The van der Waals surface area contributed by atoms with E-state index in [0.29, 0.717) is 6.04 Å². The number of rotatable bonds is 5. The number of hydrogen-bond acceptors (Lipinski definition) is 5. The van der Waals surface area contributed by atoms with Crippen LogP contribution < -0.4 is 5.32 Å². The summed E-state index contributed by atoms with van der Waals surface area (Å²) in [7, 11) is 0. The second kappa shape index (κ2) is 6.18. The van der Waals surface area contributed by atoms with Gasteiger partial charge >= 0.3 is 0 Å². The predicted octanol–water partition coefficient (Wildman–Crippen LogP) is 3.80. The molecule has 0 atom stereocenters. The van der Waals surface area contributed by atoms with Gasteiger partial charge in [0.2, 0.25) is 5.13 Å². The molecule has 108 valence electrons. The van der Waals surface area contributed by atoms with Crippen LogP contribution in [0.5, 0.6) is 0 Å². The summed E-state index contributed by atoms with van der Waals surface area (Å²) in [5.74, 6) is 1.68. The number of nitrogens with zero attached hydrogens (tertiary/aromatic N) is 2. The Morgan fingerprint density at radius 3 is 2.68 bits per heavy atom. The van der Waals surface area contributed by atoms with Crippen molar-refractivity contribution in [1.82, 2.24) is 9.36 Å². The normalized spacial score (nSPS) is 27.7. The molecule has 1 saturated carbocycles. The lowest BCUT2D eigenvalue weighted by Crippen LogP contribution is -2.35. The zero-order valence-electron chi connectivity index (χ0n) is 12.4. The number of aromatic nitrogens is 2. The van der Waals surface area contributed by atoms with Crippen molar-refractivity contribution >= 4 is 16.7 Å². The maximum atomic E-state index is 6.08. The highest BCUT2D eigenvalue weighted by atomic mass is 32.1. The monoisotopic (exact) mass is 283 g/mol. The molecule has 2 rings (SSSR count). The van der Waals surface area contributed by atoms with Crippen molar-refractivity contribution in [3.63, 3.8) is 0 Å². The van der Waals surface area contributed by atoms with E-state index in [1.54, 1.807) is 0 Å². The fourth-order valence-electron chi connectivity index (χ4n) is 2.65. The van der Waals surface area contributed by atoms with Crippen LogP contribution in [0.25, 0.3) is 0 Å². The Morgan fingerprint density at radius 2 is 2.11 bits per heavy atom. The molecule has 1 aromatic rings. The van der Waals surface area contributed by atoms with Crippen molar-refractivity contribution in [3.05, 3.63) is 5.82 Å². The minimum absolute atomic E-state index is 0.241. The van der Waals surface area contributed by atoms with Gasteiger partial charge in [-0.15, -0.1) is 0 Å². The van der Waals surface area contributed by atoms with Gasteiger partial charge in [0, 0.05) is 24.2 Å². The highest BCUT2D eigenvalue weighted by molar-refractivity contribution is 7.09. The van der Waals surface area contributed by atoms with Crippen molar-refractivity contribution in [2.45, 2.75) is 65.0 Å². The smallest absolute Gasteiger partial charge is 0.202 e. The lowest BCUT2D eigenvalue weighted by Gasteiger charge is -2.36. The lowest BCUT2D eigenvalue weighted by molar-refractivity contribution is -0.0829. The fraction of sp³-hybridized carbons (Fsp3) is 0.857. The first kappa shape index (κ1) is 14.7. The molecule has 0 unspecified atom stereocenters.